The Hall–Kier alpha value is -4.65. The van der Waals surface area contributed by atoms with E-state index >= 15 is 0 Å². The van der Waals surface area contributed by atoms with Gasteiger partial charge in [0.25, 0.3) is 5.91 Å². The van der Waals surface area contributed by atoms with E-state index in [1.165, 1.54) is 32.2 Å². The lowest BCUT2D eigenvalue weighted by atomic mass is 9.85. The number of fused-ring (bicyclic) bond motifs is 5. The Kier molecular flexibility index (Phi) is 10.7. The van der Waals surface area contributed by atoms with Crippen LogP contribution < -0.4 is 24.8 Å². The number of amides is 4. The molecule has 3 fully saturated rings. The Morgan fingerprint density at radius 2 is 1.81 bits per heavy atom. The van der Waals surface area contributed by atoms with Gasteiger partial charge < -0.3 is 34.9 Å². The van der Waals surface area contributed by atoms with Crippen LogP contribution in [0.3, 0.4) is 0 Å². The number of hydrogen-bond donors (Lipinski definition) is 4. The molecule has 3 aliphatic heterocycles. The first-order chi connectivity index (χ1) is 27.5. The molecular weight excluding hydrogens is 800 g/mol. The second kappa shape index (κ2) is 14.8. The SMILES string of the molecule is COc1ccc2nc(C(F)(F)F)c3c(c2c1)[C@@H](O)C[C@]1(C[C@H]2C(=O)N[C@]4(C(=O)NS(=O)(=O)C5(C)CC5)C[C@H]4/C=C\CCCCC[C@H](NC(=O)OC(C)(C)C)C(=O)N2C1)O3. The average molecular weight is 850 g/mol. The van der Waals surface area contributed by atoms with Gasteiger partial charge in [-0.25, -0.2) is 18.2 Å². The van der Waals surface area contributed by atoms with Gasteiger partial charge >= 0.3 is 12.3 Å². The van der Waals surface area contributed by atoms with Gasteiger partial charge in [0.2, 0.25) is 21.8 Å². The number of nitrogens with zero attached hydrogens (tertiary/aromatic N) is 2. The number of methoxy groups -OCH3 is 1. The zero-order chi connectivity index (χ0) is 42.9. The third-order valence-electron chi connectivity index (χ3n) is 12.0. The minimum Gasteiger partial charge on any atom is -0.497 e. The molecule has 0 unspecified atom stereocenters. The van der Waals surface area contributed by atoms with Crippen molar-refractivity contribution in [1.29, 1.82) is 0 Å². The quantitative estimate of drug-likeness (QED) is 0.304. The fraction of sp³-hybridized carbons (Fsp3) is 0.625. The second-order valence-corrected chi connectivity index (χ2v) is 19.9. The predicted molar refractivity (Wildman–Crippen MR) is 205 cm³/mol. The molecule has 1 aromatic heterocycles. The van der Waals surface area contributed by atoms with Gasteiger partial charge in [0.1, 0.15) is 34.6 Å². The highest BCUT2D eigenvalue weighted by Gasteiger charge is 2.64. The van der Waals surface area contributed by atoms with Crippen molar-refractivity contribution in [2.75, 3.05) is 13.7 Å². The minimum absolute atomic E-state index is 0.0433. The largest absolute Gasteiger partial charge is 0.497 e. The number of aliphatic hydroxyl groups excluding tert-OH is 1. The van der Waals surface area contributed by atoms with Gasteiger partial charge in [-0.3, -0.25) is 19.1 Å². The topological polar surface area (TPSA) is 203 Å². The Morgan fingerprint density at radius 1 is 1.08 bits per heavy atom. The van der Waals surface area contributed by atoms with Crippen molar-refractivity contribution in [1.82, 2.24) is 25.2 Å². The summed E-state index contributed by atoms with van der Waals surface area (Å²) in [6.07, 6.45) is -1.56. The normalized spacial score (nSPS) is 30.0. The van der Waals surface area contributed by atoms with Gasteiger partial charge in [-0.05, 0) is 84.4 Å². The molecular formula is C40H50F3N5O10S. The van der Waals surface area contributed by atoms with Crippen LogP contribution in [0.1, 0.15) is 109 Å². The summed E-state index contributed by atoms with van der Waals surface area (Å²) in [5.74, 6) is -3.70. The monoisotopic (exact) mass is 849 g/mol. The molecule has 1 saturated heterocycles. The highest BCUT2D eigenvalue weighted by molar-refractivity contribution is 7.91. The molecule has 4 heterocycles. The smallest absolute Gasteiger partial charge is 0.437 e. The Bertz CT molecular complexity index is 2210. The molecule has 0 bridgehead atoms. The van der Waals surface area contributed by atoms with Crippen LogP contribution in [0.25, 0.3) is 10.9 Å². The molecule has 7 rings (SSSR count). The molecule has 0 radical (unpaired) electrons. The minimum atomic E-state index is -5.05. The van der Waals surface area contributed by atoms with Crippen LogP contribution in [-0.4, -0.2) is 94.4 Å². The number of alkyl halides is 3. The number of sulfonamides is 1. The molecule has 6 atom stereocenters. The fourth-order valence-corrected chi connectivity index (χ4v) is 9.68. The van der Waals surface area contributed by atoms with Crippen molar-refractivity contribution >= 4 is 44.7 Å². The third kappa shape index (κ3) is 8.28. The second-order valence-electron chi connectivity index (χ2n) is 17.7. The molecule has 1 aromatic carbocycles. The van der Waals surface area contributed by atoms with Crippen molar-refractivity contribution in [2.45, 2.75) is 138 Å². The number of hydrogen-bond acceptors (Lipinski definition) is 11. The van der Waals surface area contributed by atoms with E-state index in [2.05, 4.69) is 20.3 Å². The molecule has 19 heteroatoms. The molecule has 2 saturated carbocycles. The summed E-state index contributed by atoms with van der Waals surface area (Å²) in [7, 11) is -2.75. The maximum Gasteiger partial charge on any atom is 0.437 e. The summed E-state index contributed by atoms with van der Waals surface area (Å²) >= 11 is 0. The van der Waals surface area contributed by atoms with E-state index in [0.29, 0.717) is 38.5 Å². The number of benzene rings is 1. The maximum absolute atomic E-state index is 14.8. The highest BCUT2D eigenvalue weighted by Crippen LogP contribution is 2.53. The first-order valence-corrected chi connectivity index (χ1v) is 21.3. The Balaban J connectivity index is 1.29. The molecule has 2 aromatic rings. The van der Waals surface area contributed by atoms with E-state index < -0.39 is 110 Å². The fourth-order valence-electron chi connectivity index (χ4n) is 8.37. The zero-order valence-corrected chi connectivity index (χ0v) is 34.3. The Morgan fingerprint density at radius 3 is 2.47 bits per heavy atom. The van der Waals surface area contributed by atoms with E-state index in [1.54, 1.807) is 26.8 Å². The summed E-state index contributed by atoms with van der Waals surface area (Å²) in [4.78, 5) is 61.4. The number of aromatic nitrogens is 1. The van der Waals surface area contributed by atoms with Crippen LogP contribution in [0, 0.1) is 5.92 Å². The van der Waals surface area contributed by atoms with Crippen LogP contribution >= 0.6 is 0 Å². The molecule has 59 heavy (non-hydrogen) atoms. The summed E-state index contributed by atoms with van der Waals surface area (Å²) in [5.41, 5.74) is -6.14. The highest BCUT2D eigenvalue weighted by atomic mass is 32.2. The number of nitrogens with one attached hydrogen (secondary N) is 3. The lowest BCUT2D eigenvalue weighted by Gasteiger charge is -2.39. The van der Waals surface area contributed by atoms with Gasteiger partial charge in [-0.1, -0.05) is 25.0 Å². The van der Waals surface area contributed by atoms with Gasteiger partial charge in [-0.15, -0.1) is 0 Å². The number of halogens is 3. The summed E-state index contributed by atoms with van der Waals surface area (Å²) in [6, 6.07) is 1.43. The number of rotatable bonds is 5. The molecule has 4 amide bonds. The number of aliphatic hydroxyl groups is 1. The number of carbonyl (C=O) groups is 4. The number of allylic oxidation sites excluding steroid dienone is 1. The maximum atomic E-state index is 14.8. The summed E-state index contributed by atoms with van der Waals surface area (Å²) in [5, 5.41) is 17.3. The first-order valence-electron chi connectivity index (χ1n) is 19.8. The molecule has 4 N–H and O–H groups in total. The molecule has 322 valence electrons. The van der Waals surface area contributed by atoms with Crippen molar-refractivity contribution < 1.29 is 60.1 Å². The number of ether oxygens (including phenoxy) is 3. The van der Waals surface area contributed by atoms with Crippen molar-refractivity contribution in [3.05, 3.63) is 41.6 Å². The Labute approximate surface area is 339 Å². The standard InChI is InChI=1S/C40H50F3N5O10S/c1-36(2,3)58-35(53)45-26-12-10-8-6-7-9-11-22-18-39(22,34(52)47-59(54,55)37(4)15-16-37)46-32(50)27-19-38(21-48(27)33(26)51)20-28(49)29-24-17-23(56-5)13-14-25(24)44-31(30(29)57-38)40(41,42)43/h9,11,13-14,17,22,26-28,49H,6-8,10,12,15-16,18-21H2,1-5H3,(H,45,53)(H,46,50)(H,47,52)/b11-9-/t22-,26+,27+,28+,38+,39-/m1/s1. The van der Waals surface area contributed by atoms with Crippen LogP contribution in [0.2, 0.25) is 0 Å². The van der Waals surface area contributed by atoms with Crippen LogP contribution in [0.5, 0.6) is 11.5 Å². The van der Waals surface area contributed by atoms with Crippen molar-refractivity contribution in [2.24, 2.45) is 5.92 Å². The average Bonchev–Trinajstić information content (AvgIpc) is 4.03. The van der Waals surface area contributed by atoms with Crippen molar-refractivity contribution in [3.63, 3.8) is 0 Å². The predicted octanol–water partition coefficient (Wildman–Crippen LogP) is 4.70. The molecule has 2 aliphatic carbocycles. The molecule has 1 spiro atoms. The molecule has 15 nitrogen and oxygen atoms in total. The number of pyridine rings is 1. The van der Waals surface area contributed by atoms with E-state index in [-0.39, 0.29) is 41.5 Å². The van der Waals surface area contributed by atoms with Crippen molar-refractivity contribution in [3.8, 4) is 11.5 Å². The van der Waals surface area contributed by atoms with E-state index in [4.69, 9.17) is 14.2 Å². The van der Waals surface area contributed by atoms with Gasteiger partial charge in [0.05, 0.1) is 30.0 Å². The van der Waals surface area contributed by atoms with E-state index in [1.807, 2.05) is 6.08 Å². The van der Waals surface area contributed by atoms with Crippen LogP contribution in [0.4, 0.5) is 18.0 Å². The van der Waals surface area contributed by atoms with Gasteiger partial charge in [0.15, 0.2) is 11.4 Å². The van der Waals surface area contributed by atoms with Gasteiger partial charge in [-0.2, -0.15) is 13.2 Å². The number of carbonyl (C=O) groups excluding carboxylic acids is 4. The van der Waals surface area contributed by atoms with Crippen LogP contribution in [0.15, 0.2) is 30.4 Å². The molecule has 5 aliphatic rings. The summed E-state index contributed by atoms with van der Waals surface area (Å²) < 4.78 is 88.8. The van der Waals surface area contributed by atoms with Crippen LogP contribution in [-0.2, 0) is 35.3 Å². The van der Waals surface area contributed by atoms with Gasteiger partial charge in [0, 0.05) is 29.7 Å². The lowest BCUT2D eigenvalue weighted by Crippen LogP contribution is -2.58. The zero-order valence-electron chi connectivity index (χ0n) is 33.5. The third-order valence-corrected chi connectivity index (χ3v) is 14.1. The summed E-state index contributed by atoms with van der Waals surface area (Å²) in [6.45, 7) is 5.93. The van der Waals surface area contributed by atoms with E-state index in [0.717, 1.165) is 4.90 Å². The van der Waals surface area contributed by atoms with E-state index in [9.17, 15) is 45.9 Å². The lowest BCUT2D eigenvalue weighted by molar-refractivity contribution is -0.145. The first kappa shape index (κ1) is 42.5. The number of alkyl carbamates (subject to hydrolysis) is 1.